The fourth-order valence-corrected chi connectivity index (χ4v) is 3.05. The van der Waals surface area contributed by atoms with Gasteiger partial charge in [-0.2, -0.15) is 11.3 Å². The van der Waals surface area contributed by atoms with Crippen molar-refractivity contribution in [2.75, 3.05) is 11.9 Å². The van der Waals surface area contributed by atoms with Crippen LogP contribution in [0.2, 0.25) is 5.02 Å². The Kier molecular flexibility index (Phi) is 6.46. The van der Waals surface area contributed by atoms with Gasteiger partial charge in [0.15, 0.2) is 0 Å². The molecule has 27 heavy (non-hydrogen) atoms. The summed E-state index contributed by atoms with van der Waals surface area (Å²) in [7, 11) is 0. The quantitative estimate of drug-likeness (QED) is 0.589. The summed E-state index contributed by atoms with van der Waals surface area (Å²) in [5.74, 6) is 0.881. The Morgan fingerprint density at radius 1 is 1.04 bits per heavy atom. The van der Waals surface area contributed by atoms with Gasteiger partial charge in [-0.1, -0.05) is 17.7 Å². The van der Waals surface area contributed by atoms with Gasteiger partial charge >= 0.3 is 0 Å². The van der Waals surface area contributed by atoms with Gasteiger partial charge in [0, 0.05) is 40.7 Å². The monoisotopic (exact) mass is 400 g/mol. The molecule has 0 bridgehead atoms. The fourth-order valence-electron chi connectivity index (χ4n) is 2.28. The zero-order valence-corrected chi connectivity index (χ0v) is 15.8. The number of hydrogen-bond donors (Lipinski definition) is 2. The Morgan fingerprint density at radius 3 is 2.59 bits per heavy atom. The van der Waals surface area contributed by atoms with Gasteiger partial charge in [0.1, 0.15) is 11.5 Å². The molecule has 2 aromatic carbocycles. The predicted octanol–water partition coefficient (Wildman–Crippen LogP) is 4.95. The van der Waals surface area contributed by atoms with E-state index in [1.54, 1.807) is 60.0 Å². The van der Waals surface area contributed by atoms with E-state index < -0.39 is 0 Å². The van der Waals surface area contributed by atoms with Crippen molar-refractivity contribution in [3.63, 3.8) is 0 Å². The highest BCUT2D eigenvalue weighted by atomic mass is 35.5. The molecule has 0 aliphatic rings. The minimum atomic E-state index is -0.190. The van der Waals surface area contributed by atoms with Crippen LogP contribution in [0.3, 0.4) is 0 Å². The zero-order valence-electron chi connectivity index (χ0n) is 14.3. The number of thiophene rings is 1. The lowest BCUT2D eigenvalue weighted by atomic mass is 10.2. The van der Waals surface area contributed by atoms with Crippen LogP contribution in [0.5, 0.6) is 11.5 Å². The summed E-state index contributed by atoms with van der Waals surface area (Å²) >= 11 is 7.31. The number of anilines is 1. The lowest BCUT2D eigenvalue weighted by Crippen LogP contribution is -2.27. The standard InChI is InChI=1S/C20H17ClN2O3S/c21-15-4-6-17(7-5-15)26-18-3-1-2-16(12-18)23-19(24)8-10-22-20(25)14-9-11-27-13-14/h1-7,9,11-13H,8,10H2,(H,22,25)(H,23,24). The van der Waals surface area contributed by atoms with Crippen LogP contribution in [-0.2, 0) is 4.79 Å². The summed E-state index contributed by atoms with van der Waals surface area (Å²) in [4.78, 5) is 23.9. The van der Waals surface area contributed by atoms with E-state index in [-0.39, 0.29) is 24.8 Å². The van der Waals surface area contributed by atoms with Gasteiger partial charge < -0.3 is 15.4 Å². The molecule has 2 N–H and O–H groups in total. The summed E-state index contributed by atoms with van der Waals surface area (Å²) in [6, 6.07) is 15.9. The molecule has 3 rings (SSSR count). The minimum Gasteiger partial charge on any atom is -0.457 e. The number of rotatable bonds is 7. The SMILES string of the molecule is O=C(CCNC(=O)c1ccsc1)Nc1cccc(Oc2ccc(Cl)cc2)c1. The molecule has 2 amide bonds. The Balaban J connectivity index is 1.49. The minimum absolute atomic E-state index is 0.178. The maximum Gasteiger partial charge on any atom is 0.252 e. The van der Waals surface area contributed by atoms with Crippen molar-refractivity contribution in [3.05, 3.63) is 75.9 Å². The molecular weight excluding hydrogens is 384 g/mol. The molecule has 5 nitrogen and oxygen atoms in total. The number of nitrogens with one attached hydrogen (secondary N) is 2. The van der Waals surface area contributed by atoms with Crippen LogP contribution in [0.4, 0.5) is 5.69 Å². The van der Waals surface area contributed by atoms with Gasteiger partial charge in [-0.25, -0.2) is 0 Å². The summed E-state index contributed by atoms with van der Waals surface area (Å²) in [6.45, 7) is 0.265. The number of halogens is 1. The number of amides is 2. The van der Waals surface area contributed by atoms with E-state index in [1.165, 1.54) is 11.3 Å². The highest BCUT2D eigenvalue weighted by molar-refractivity contribution is 7.08. The average molecular weight is 401 g/mol. The molecule has 3 aromatic rings. The molecule has 1 heterocycles. The van der Waals surface area contributed by atoms with E-state index in [4.69, 9.17) is 16.3 Å². The molecule has 0 unspecified atom stereocenters. The van der Waals surface area contributed by atoms with Crippen molar-refractivity contribution < 1.29 is 14.3 Å². The summed E-state index contributed by atoms with van der Waals surface area (Å²) in [5.41, 5.74) is 1.23. The van der Waals surface area contributed by atoms with E-state index in [0.717, 1.165) is 0 Å². The third kappa shape index (κ3) is 5.84. The Bertz CT molecular complexity index is 911. The molecule has 138 valence electrons. The van der Waals surface area contributed by atoms with Crippen molar-refractivity contribution >= 4 is 40.4 Å². The topological polar surface area (TPSA) is 67.4 Å². The third-order valence-electron chi connectivity index (χ3n) is 3.59. The van der Waals surface area contributed by atoms with Gasteiger partial charge in [0.25, 0.3) is 5.91 Å². The Hall–Kier alpha value is -2.83. The first-order valence-corrected chi connectivity index (χ1v) is 9.56. The Morgan fingerprint density at radius 2 is 1.85 bits per heavy atom. The van der Waals surface area contributed by atoms with Gasteiger partial charge in [-0.05, 0) is 47.8 Å². The van der Waals surface area contributed by atoms with Crippen LogP contribution in [0.15, 0.2) is 65.4 Å². The number of ether oxygens (including phenoxy) is 1. The maximum absolute atomic E-state index is 12.1. The lowest BCUT2D eigenvalue weighted by molar-refractivity contribution is -0.116. The molecule has 0 aliphatic carbocycles. The van der Waals surface area contributed by atoms with Crippen molar-refractivity contribution in [2.45, 2.75) is 6.42 Å². The Labute approximate surface area is 165 Å². The number of carbonyl (C=O) groups is 2. The lowest BCUT2D eigenvalue weighted by Gasteiger charge is -2.09. The molecule has 0 radical (unpaired) electrons. The summed E-state index contributed by atoms with van der Waals surface area (Å²) in [5, 5.41) is 9.75. The second kappa shape index (κ2) is 9.21. The molecule has 7 heteroatoms. The zero-order chi connectivity index (χ0) is 19.1. The van der Waals surface area contributed by atoms with E-state index in [0.29, 0.717) is 27.8 Å². The van der Waals surface area contributed by atoms with E-state index in [9.17, 15) is 9.59 Å². The normalized spacial score (nSPS) is 10.3. The predicted molar refractivity (Wildman–Crippen MR) is 108 cm³/mol. The van der Waals surface area contributed by atoms with Crippen LogP contribution in [0.1, 0.15) is 16.8 Å². The van der Waals surface area contributed by atoms with Crippen molar-refractivity contribution in [1.29, 1.82) is 0 Å². The molecule has 0 saturated heterocycles. The van der Waals surface area contributed by atoms with Crippen LogP contribution in [0, 0.1) is 0 Å². The van der Waals surface area contributed by atoms with E-state index >= 15 is 0 Å². The first-order valence-electron chi connectivity index (χ1n) is 8.24. The number of carbonyl (C=O) groups excluding carboxylic acids is 2. The smallest absolute Gasteiger partial charge is 0.252 e. The highest BCUT2D eigenvalue weighted by Crippen LogP contribution is 2.25. The highest BCUT2D eigenvalue weighted by Gasteiger charge is 2.08. The van der Waals surface area contributed by atoms with Crippen molar-refractivity contribution in [1.82, 2.24) is 5.32 Å². The maximum atomic E-state index is 12.1. The van der Waals surface area contributed by atoms with Crippen molar-refractivity contribution in [2.24, 2.45) is 0 Å². The van der Waals surface area contributed by atoms with Gasteiger partial charge in [-0.3, -0.25) is 9.59 Å². The summed E-state index contributed by atoms with van der Waals surface area (Å²) in [6.07, 6.45) is 0.179. The molecule has 0 atom stereocenters. The molecule has 0 fully saturated rings. The van der Waals surface area contributed by atoms with Gasteiger partial charge in [-0.15, -0.1) is 0 Å². The second-order valence-electron chi connectivity index (χ2n) is 5.65. The van der Waals surface area contributed by atoms with Crippen LogP contribution in [-0.4, -0.2) is 18.4 Å². The number of hydrogen-bond acceptors (Lipinski definition) is 4. The van der Waals surface area contributed by atoms with Gasteiger partial charge in [0.2, 0.25) is 5.91 Å². The largest absolute Gasteiger partial charge is 0.457 e. The van der Waals surface area contributed by atoms with Crippen LogP contribution < -0.4 is 15.4 Å². The van der Waals surface area contributed by atoms with Gasteiger partial charge in [0.05, 0.1) is 0 Å². The first kappa shape index (κ1) is 18.9. The summed E-state index contributed by atoms with van der Waals surface area (Å²) < 4.78 is 5.74. The molecular formula is C20H17ClN2O3S. The molecule has 0 aliphatic heterocycles. The first-order chi connectivity index (χ1) is 13.1. The van der Waals surface area contributed by atoms with E-state index in [1.807, 2.05) is 5.38 Å². The number of benzene rings is 2. The van der Waals surface area contributed by atoms with E-state index in [2.05, 4.69) is 10.6 Å². The molecule has 0 spiro atoms. The molecule has 1 aromatic heterocycles. The van der Waals surface area contributed by atoms with Crippen LogP contribution >= 0.6 is 22.9 Å². The van der Waals surface area contributed by atoms with Crippen molar-refractivity contribution in [3.8, 4) is 11.5 Å². The second-order valence-corrected chi connectivity index (χ2v) is 6.87. The average Bonchev–Trinajstić information content (AvgIpc) is 3.19. The fraction of sp³-hybridized carbons (Fsp3) is 0.100. The van der Waals surface area contributed by atoms with Crippen LogP contribution in [0.25, 0.3) is 0 Å². The third-order valence-corrected chi connectivity index (χ3v) is 4.52. The molecule has 0 saturated carbocycles.